The third-order valence-corrected chi connectivity index (χ3v) is 3.46. The second-order valence-corrected chi connectivity index (χ2v) is 5.14. The molecule has 0 saturated carbocycles. The molecule has 2 aromatic rings. The van der Waals surface area contributed by atoms with Crippen molar-refractivity contribution in [2.24, 2.45) is 0 Å². The van der Waals surface area contributed by atoms with Crippen LogP contribution in [0.3, 0.4) is 0 Å². The first kappa shape index (κ1) is 12.7. The van der Waals surface area contributed by atoms with E-state index in [2.05, 4.69) is 10.6 Å². The first-order valence-electron chi connectivity index (χ1n) is 6.49. The van der Waals surface area contributed by atoms with Crippen LogP contribution >= 0.6 is 0 Å². The molecule has 1 amide bonds. The normalized spacial score (nSPS) is 16.8. The van der Waals surface area contributed by atoms with Crippen LogP contribution in [0.2, 0.25) is 0 Å². The SMILES string of the molecule is Cc1ccc(NC2C(=O)Nc3ccc(C)cc32)c(F)c1. The van der Waals surface area contributed by atoms with Crippen LogP contribution in [0.5, 0.6) is 0 Å². The summed E-state index contributed by atoms with van der Waals surface area (Å²) in [5.74, 6) is -0.510. The van der Waals surface area contributed by atoms with E-state index >= 15 is 0 Å². The molecule has 0 saturated heterocycles. The Morgan fingerprint density at radius 3 is 2.55 bits per heavy atom. The third-order valence-electron chi connectivity index (χ3n) is 3.46. The number of amides is 1. The van der Waals surface area contributed by atoms with Crippen molar-refractivity contribution >= 4 is 17.3 Å². The van der Waals surface area contributed by atoms with Crippen LogP contribution in [0, 0.1) is 19.7 Å². The van der Waals surface area contributed by atoms with Gasteiger partial charge < -0.3 is 10.6 Å². The van der Waals surface area contributed by atoms with Crippen LogP contribution in [0.1, 0.15) is 22.7 Å². The van der Waals surface area contributed by atoms with E-state index in [0.29, 0.717) is 5.69 Å². The monoisotopic (exact) mass is 270 g/mol. The molecular weight excluding hydrogens is 255 g/mol. The Morgan fingerprint density at radius 2 is 1.80 bits per heavy atom. The van der Waals surface area contributed by atoms with E-state index in [4.69, 9.17) is 0 Å². The van der Waals surface area contributed by atoms with Crippen molar-refractivity contribution in [2.75, 3.05) is 10.6 Å². The highest BCUT2D eigenvalue weighted by Crippen LogP contribution is 2.34. The molecule has 0 bridgehead atoms. The number of aryl methyl sites for hydroxylation is 2. The zero-order chi connectivity index (χ0) is 14.3. The lowest BCUT2D eigenvalue weighted by atomic mass is 10.0. The summed E-state index contributed by atoms with van der Waals surface area (Å²) in [6, 6.07) is 10.1. The number of carbonyl (C=O) groups is 1. The van der Waals surface area contributed by atoms with Gasteiger partial charge in [-0.25, -0.2) is 4.39 Å². The molecule has 1 atom stereocenters. The number of rotatable bonds is 2. The molecule has 1 aliphatic rings. The Hall–Kier alpha value is -2.36. The standard InChI is InChI=1S/C16H15FN2O/c1-9-3-5-13-11(7-9)15(16(20)19-13)18-14-6-4-10(2)8-12(14)17/h3-8,15,18H,1-2H3,(H,19,20). The van der Waals surface area contributed by atoms with Gasteiger partial charge in [0.25, 0.3) is 5.91 Å². The van der Waals surface area contributed by atoms with E-state index < -0.39 is 6.04 Å². The number of carbonyl (C=O) groups excluding carboxylic acids is 1. The molecule has 3 nitrogen and oxygen atoms in total. The molecule has 0 aliphatic carbocycles. The second-order valence-electron chi connectivity index (χ2n) is 5.14. The largest absolute Gasteiger partial charge is 0.368 e. The van der Waals surface area contributed by atoms with Crippen molar-refractivity contribution in [3.05, 3.63) is 58.9 Å². The molecule has 4 heteroatoms. The predicted octanol–water partition coefficient (Wildman–Crippen LogP) is 3.55. The topological polar surface area (TPSA) is 41.1 Å². The molecule has 1 aliphatic heterocycles. The lowest BCUT2D eigenvalue weighted by Gasteiger charge is -2.14. The van der Waals surface area contributed by atoms with Crippen LogP contribution in [-0.4, -0.2) is 5.91 Å². The highest BCUT2D eigenvalue weighted by molar-refractivity contribution is 6.04. The van der Waals surface area contributed by atoms with Gasteiger partial charge in [-0.05, 0) is 37.6 Å². The first-order chi connectivity index (χ1) is 9.54. The number of hydrogen-bond acceptors (Lipinski definition) is 2. The maximum absolute atomic E-state index is 13.9. The van der Waals surface area contributed by atoms with Gasteiger partial charge in [0.05, 0.1) is 5.69 Å². The van der Waals surface area contributed by atoms with Crippen LogP contribution in [-0.2, 0) is 4.79 Å². The molecule has 0 spiro atoms. The minimum absolute atomic E-state index is 0.162. The Bertz CT molecular complexity index is 697. The van der Waals surface area contributed by atoms with Gasteiger partial charge in [0.2, 0.25) is 0 Å². The van der Waals surface area contributed by atoms with E-state index in [0.717, 1.165) is 22.4 Å². The Balaban J connectivity index is 1.95. The zero-order valence-corrected chi connectivity index (χ0v) is 11.3. The van der Waals surface area contributed by atoms with E-state index in [1.165, 1.54) is 6.07 Å². The number of anilines is 2. The maximum atomic E-state index is 13.9. The van der Waals surface area contributed by atoms with Crippen molar-refractivity contribution in [3.8, 4) is 0 Å². The van der Waals surface area contributed by atoms with Crippen LogP contribution in [0.15, 0.2) is 36.4 Å². The van der Waals surface area contributed by atoms with Crippen LogP contribution in [0.4, 0.5) is 15.8 Å². The van der Waals surface area contributed by atoms with Gasteiger partial charge in [0, 0.05) is 11.3 Å². The summed E-state index contributed by atoms with van der Waals surface area (Å²) in [4.78, 5) is 12.0. The van der Waals surface area contributed by atoms with Crippen LogP contribution in [0.25, 0.3) is 0 Å². The highest BCUT2D eigenvalue weighted by atomic mass is 19.1. The van der Waals surface area contributed by atoms with E-state index in [-0.39, 0.29) is 11.7 Å². The van der Waals surface area contributed by atoms with Gasteiger partial charge in [-0.15, -0.1) is 0 Å². The third kappa shape index (κ3) is 2.13. The molecule has 102 valence electrons. The summed E-state index contributed by atoms with van der Waals surface area (Å²) in [6.07, 6.45) is 0. The highest BCUT2D eigenvalue weighted by Gasteiger charge is 2.30. The second kappa shape index (κ2) is 4.63. The lowest BCUT2D eigenvalue weighted by Crippen LogP contribution is -2.20. The van der Waals surface area contributed by atoms with Crippen molar-refractivity contribution in [3.63, 3.8) is 0 Å². The summed E-state index contributed by atoms with van der Waals surface area (Å²) >= 11 is 0. The van der Waals surface area contributed by atoms with Crippen molar-refractivity contribution in [2.45, 2.75) is 19.9 Å². The van der Waals surface area contributed by atoms with E-state index in [1.54, 1.807) is 6.07 Å². The minimum Gasteiger partial charge on any atom is -0.368 e. The number of hydrogen-bond donors (Lipinski definition) is 2. The van der Waals surface area contributed by atoms with E-state index in [1.807, 2.05) is 38.1 Å². The summed E-state index contributed by atoms with van der Waals surface area (Å²) in [5, 5.41) is 5.78. The molecule has 3 rings (SSSR count). The fraction of sp³-hybridized carbons (Fsp3) is 0.188. The van der Waals surface area contributed by atoms with Crippen molar-refractivity contribution in [1.29, 1.82) is 0 Å². The summed E-state index contributed by atoms with van der Waals surface area (Å²) in [5.41, 5.74) is 3.89. The molecule has 1 unspecified atom stereocenters. The number of nitrogens with one attached hydrogen (secondary N) is 2. The predicted molar refractivity (Wildman–Crippen MR) is 77.3 cm³/mol. The fourth-order valence-corrected chi connectivity index (χ4v) is 2.42. The average molecular weight is 270 g/mol. The lowest BCUT2D eigenvalue weighted by molar-refractivity contribution is -0.116. The summed E-state index contributed by atoms with van der Waals surface area (Å²) < 4.78 is 13.9. The van der Waals surface area contributed by atoms with Gasteiger partial charge >= 0.3 is 0 Å². The number of halogens is 1. The quantitative estimate of drug-likeness (QED) is 0.876. The summed E-state index contributed by atoms with van der Waals surface area (Å²) in [7, 11) is 0. The molecule has 2 aromatic carbocycles. The molecule has 1 heterocycles. The summed E-state index contributed by atoms with van der Waals surface area (Å²) in [6.45, 7) is 3.79. The molecule has 2 N–H and O–H groups in total. The van der Waals surface area contributed by atoms with Gasteiger partial charge in [-0.2, -0.15) is 0 Å². The Kier molecular flexibility index (Phi) is 2.93. The molecule has 20 heavy (non-hydrogen) atoms. The Labute approximate surface area is 116 Å². The van der Waals surface area contributed by atoms with Crippen molar-refractivity contribution < 1.29 is 9.18 Å². The average Bonchev–Trinajstić information content (AvgIpc) is 2.69. The number of benzene rings is 2. The van der Waals surface area contributed by atoms with Gasteiger partial charge in [-0.1, -0.05) is 23.8 Å². The Morgan fingerprint density at radius 1 is 1.10 bits per heavy atom. The van der Waals surface area contributed by atoms with Crippen LogP contribution < -0.4 is 10.6 Å². The first-order valence-corrected chi connectivity index (χ1v) is 6.49. The fourth-order valence-electron chi connectivity index (χ4n) is 2.42. The number of fused-ring (bicyclic) bond motifs is 1. The molecular formula is C16H15FN2O. The maximum Gasteiger partial charge on any atom is 0.251 e. The van der Waals surface area contributed by atoms with E-state index in [9.17, 15) is 9.18 Å². The molecule has 0 fully saturated rings. The van der Waals surface area contributed by atoms with Gasteiger partial charge in [-0.3, -0.25) is 4.79 Å². The smallest absolute Gasteiger partial charge is 0.251 e. The minimum atomic E-state index is -0.554. The van der Waals surface area contributed by atoms with Gasteiger partial charge in [0.1, 0.15) is 11.9 Å². The zero-order valence-electron chi connectivity index (χ0n) is 11.3. The molecule has 0 radical (unpaired) electrons. The van der Waals surface area contributed by atoms with Crippen molar-refractivity contribution in [1.82, 2.24) is 0 Å². The molecule has 0 aromatic heterocycles. The van der Waals surface area contributed by atoms with Gasteiger partial charge in [0.15, 0.2) is 0 Å².